The van der Waals surface area contributed by atoms with Crippen LogP contribution < -0.4 is 4.90 Å². The summed E-state index contributed by atoms with van der Waals surface area (Å²) in [5.41, 5.74) is 14.0. The Bertz CT molecular complexity index is 3980. The van der Waals surface area contributed by atoms with Crippen molar-refractivity contribution in [3.63, 3.8) is 0 Å². The van der Waals surface area contributed by atoms with Crippen LogP contribution in [0.3, 0.4) is 0 Å². The van der Waals surface area contributed by atoms with E-state index in [0.717, 1.165) is 33.9 Å². The van der Waals surface area contributed by atoms with Crippen molar-refractivity contribution in [1.82, 2.24) is 4.57 Å². The SMILES string of the molecule is c1ccc(-c2c(-c3ccccc3)c3cc(N(c4ccc5c(ccc6ccccc65)c4)c4ccccc4-c4ccc5c(c4)c4ccccc4n5-c4ccccc4)ccc3c3ccccc23)cc1. The van der Waals surface area contributed by atoms with Gasteiger partial charge in [-0.05, 0) is 132 Å². The summed E-state index contributed by atoms with van der Waals surface area (Å²) in [6.45, 7) is 0. The van der Waals surface area contributed by atoms with Crippen molar-refractivity contribution in [1.29, 1.82) is 0 Å². The maximum absolute atomic E-state index is 2.48. The fourth-order valence-corrected chi connectivity index (χ4v) is 10.6. The number of benzene rings is 12. The van der Waals surface area contributed by atoms with Gasteiger partial charge in [0, 0.05) is 33.4 Å². The van der Waals surface area contributed by atoms with Gasteiger partial charge in [0.2, 0.25) is 0 Å². The number of aromatic nitrogens is 1. The molecule has 0 saturated heterocycles. The summed E-state index contributed by atoms with van der Waals surface area (Å²) in [6.07, 6.45) is 0. The van der Waals surface area contributed by atoms with Gasteiger partial charge < -0.3 is 9.47 Å². The van der Waals surface area contributed by atoms with Gasteiger partial charge in [0.1, 0.15) is 0 Å². The topological polar surface area (TPSA) is 8.17 Å². The Morgan fingerprint density at radius 1 is 0.273 bits per heavy atom. The van der Waals surface area contributed by atoms with E-state index in [4.69, 9.17) is 0 Å². The molecule has 0 unspecified atom stereocenters. The van der Waals surface area contributed by atoms with Crippen LogP contribution in [0.25, 0.3) is 104 Å². The predicted octanol–water partition coefficient (Wildman–Crippen LogP) is 17.9. The molecule has 0 fully saturated rings. The maximum atomic E-state index is 2.48. The van der Waals surface area contributed by atoms with Crippen molar-refractivity contribution >= 4 is 82.0 Å². The van der Waals surface area contributed by atoms with E-state index in [1.165, 1.54) is 87.1 Å². The number of hydrogen-bond donors (Lipinski definition) is 0. The number of para-hydroxylation sites is 3. The van der Waals surface area contributed by atoms with Crippen LogP contribution in [0.1, 0.15) is 0 Å². The van der Waals surface area contributed by atoms with E-state index >= 15 is 0 Å². The monoisotopic (exact) mass is 838 g/mol. The van der Waals surface area contributed by atoms with E-state index in [9.17, 15) is 0 Å². The number of fused-ring (bicyclic) bond motifs is 9. The normalized spacial score (nSPS) is 11.6. The van der Waals surface area contributed by atoms with Crippen LogP contribution in [0.4, 0.5) is 17.1 Å². The highest BCUT2D eigenvalue weighted by Crippen LogP contribution is 2.49. The molecule has 308 valence electrons. The molecule has 0 amide bonds. The van der Waals surface area contributed by atoms with Gasteiger partial charge in [0.15, 0.2) is 0 Å². The number of anilines is 3. The lowest BCUT2D eigenvalue weighted by Crippen LogP contribution is -2.11. The third-order valence-electron chi connectivity index (χ3n) is 13.5. The zero-order valence-electron chi connectivity index (χ0n) is 36.1. The van der Waals surface area contributed by atoms with Gasteiger partial charge in [-0.15, -0.1) is 0 Å². The minimum Gasteiger partial charge on any atom is -0.310 e. The molecule has 0 saturated carbocycles. The lowest BCUT2D eigenvalue weighted by molar-refractivity contribution is 1.18. The summed E-state index contributed by atoms with van der Waals surface area (Å²) < 4.78 is 2.39. The summed E-state index contributed by atoms with van der Waals surface area (Å²) in [5.74, 6) is 0. The van der Waals surface area contributed by atoms with Crippen LogP contribution in [-0.2, 0) is 0 Å². The van der Waals surface area contributed by atoms with Crippen molar-refractivity contribution in [3.05, 3.63) is 255 Å². The van der Waals surface area contributed by atoms with Gasteiger partial charge >= 0.3 is 0 Å². The first-order chi connectivity index (χ1) is 32.8. The van der Waals surface area contributed by atoms with E-state index in [1.54, 1.807) is 0 Å². The average molecular weight is 839 g/mol. The van der Waals surface area contributed by atoms with Gasteiger partial charge in [-0.25, -0.2) is 0 Å². The highest BCUT2D eigenvalue weighted by molar-refractivity contribution is 6.22. The molecule has 66 heavy (non-hydrogen) atoms. The molecular formula is C64H42N2. The lowest BCUT2D eigenvalue weighted by Gasteiger charge is -2.29. The first-order valence-electron chi connectivity index (χ1n) is 22.8. The van der Waals surface area contributed by atoms with Crippen LogP contribution in [0.5, 0.6) is 0 Å². The lowest BCUT2D eigenvalue weighted by atomic mass is 9.85. The van der Waals surface area contributed by atoms with Gasteiger partial charge in [-0.1, -0.05) is 194 Å². The Morgan fingerprint density at radius 2 is 0.803 bits per heavy atom. The molecule has 2 heteroatoms. The Hall–Kier alpha value is -8.72. The summed E-state index contributed by atoms with van der Waals surface area (Å²) >= 11 is 0. The molecule has 12 aromatic carbocycles. The van der Waals surface area contributed by atoms with Crippen LogP contribution >= 0.6 is 0 Å². The van der Waals surface area contributed by atoms with Gasteiger partial charge in [-0.3, -0.25) is 0 Å². The molecular weight excluding hydrogens is 797 g/mol. The fraction of sp³-hybridized carbons (Fsp3) is 0. The zero-order valence-corrected chi connectivity index (χ0v) is 36.1. The van der Waals surface area contributed by atoms with Crippen molar-refractivity contribution in [2.75, 3.05) is 4.90 Å². The molecule has 0 aliphatic heterocycles. The molecule has 13 rings (SSSR count). The molecule has 0 atom stereocenters. The minimum absolute atomic E-state index is 1.09. The van der Waals surface area contributed by atoms with E-state index in [2.05, 4.69) is 264 Å². The molecule has 13 aromatic rings. The van der Waals surface area contributed by atoms with Crippen molar-refractivity contribution in [3.8, 4) is 39.1 Å². The van der Waals surface area contributed by atoms with Crippen molar-refractivity contribution < 1.29 is 0 Å². The smallest absolute Gasteiger partial charge is 0.0541 e. The largest absolute Gasteiger partial charge is 0.310 e. The maximum Gasteiger partial charge on any atom is 0.0541 e. The van der Waals surface area contributed by atoms with Gasteiger partial charge in [-0.2, -0.15) is 0 Å². The standard InChI is InChI=1S/C64H42N2/c1-4-19-44(20-5-1)63-57-29-13-12-27-54(57)55-38-36-50(42-59(55)64(63)45-21-6-2-7-22-45)65(49-35-37-52-46(40-49)33-32-43-18-10-11-25-51(43)52)60-30-16-14-26-53(60)47-34-39-62-58(41-47)56-28-15-17-31-61(56)66(62)48-23-8-3-9-24-48/h1-42H. The number of nitrogens with zero attached hydrogens (tertiary/aromatic N) is 2. The first-order valence-corrected chi connectivity index (χ1v) is 22.8. The second kappa shape index (κ2) is 15.5. The quantitative estimate of drug-likeness (QED) is 0.145. The Kier molecular flexibility index (Phi) is 8.89. The highest BCUT2D eigenvalue weighted by atomic mass is 15.1. The van der Waals surface area contributed by atoms with Crippen molar-refractivity contribution in [2.45, 2.75) is 0 Å². The van der Waals surface area contributed by atoms with Gasteiger partial charge in [0.25, 0.3) is 0 Å². The van der Waals surface area contributed by atoms with Crippen LogP contribution in [0, 0.1) is 0 Å². The summed E-state index contributed by atoms with van der Waals surface area (Å²) in [6, 6.07) is 93.5. The molecule has 1 heterocycles. The molecule has 0 aliphatic carbocycles. The van der Waals surface area contributed by atoms with Gasteiger partial charge in [0.05, 0.1) is 16.7 Å². The van der Waals surface area contributed by atoms with Crippen LogP contribution in [0.15, 0.2) is 255 Å². The third-order valence-corrected chi connectivity index (χ3v) is 13.5. The third kappa shape index (κ3) is 6.11. The molecule has 0 spiro atoms. The molecule has 0 N–H and O–H groups in total. The molecule has 0 radical (unpaired) electrons. The molecule has 2 nitrogen and oxygen atoms in total. The molecule has 0 bridgehead atoms. The van der Waals surface area contributed by atoms with E-state index in [1.807, 2.05) is 0 Å². The van der Waals surface area contributed by atoms with Crippen molar-refractivity contribution in [2.24, 2.45) is 0 Å². The van der Waals surface area contributed by atoms with E-state index in [0.29, 0.717) is 0 Å². The summed E-state index contributed by atoms with van der Waals surface area (Å²) in [7, 11) is 0. The second-order valence-corrected chi connectivity index (χ2v) is 17.2. The first kappa shape index (κ1) is 37.8. The predicted molar refractivity (Wildman–Crippen MR) is 282 cm³/mol. The Labute approximate surface area is 383 Å². The van der Waals surface area contributed by atoms with E-state index < -0.39 is 0 Å². The highest BCUT2D eigenvalue weighted by Gasteiger charge is 2.23. The Balaban J connectivity index is 1.09. The molecule has 0 aliphatic rings. The average Bonchev–Trinajstić information content (AvgIpc) is 3.73. The Morgan fingerprint density at radius 3 is 1.58 bits per heavy atom. The zero-order chi connectivity index (χ0) is 43.6. The fourth-order valence-electron chi connectivity index (χ4n) is 10.6. The second-order valence-electron chi connectivity index (χ2n) is 17.2. The number of hydrogen-bond acceptors (Lipinski definition) is 1. The summed E-state index contributed by atoms with van der Waals surface area (Å²) in [4.78, 5) is 2.48. The number of rotatable bonds is 7. The minimum atomic E-state index is 1.09. The van der Waals surface area contributed by atoms with Crippen LogP contribution in [0.2, 0.25) is 0 Å². The molecule has 1 aromatic heterocycles. The summed E-state index contributed by atoms with van der Waals surface area (Å²) in [5, 5.41) is 12.3. The van der Waals surface area contributed by atoms with Crippen LogP contribution in [-0.4, -0.2) is 4.57 Å². The van der Waals surface area contributed by atoms with E-state index in [-0.39, 0.29) is 0 Å².